The molecule has 0 aromatic heterocycles. The third kappa shape index (κ3) is 5.97. The summed E-state index contributed by atoms with van der Waals surface area (Å²) < 4.78 is 5.61. The predicted octanol–water partition coefficient (Wildman–Crippen LogP) is 2.84. The fourth-order valence-corrected chi connectivity index (χ4v) is 4.10. The molecule has 0 aliphatic carbocycles. The number of nitrogens with one attached hydrogen (secondary N) is 3. The number of guanidine groups is 1. The van der Waals surface area contributed by atoms with E-state index in [0.717, 1.165) is 55.6 Å². The van der Waals surface area contributed by atoms with Gasteiger partial charge in [-0.2, -0.15) is 0 Å². The molecule has 8 heteroatoms. The van der Waals surface area contributed by atoms with E-state index in [-0.39, 0.29) is 41.3 Å². The maximum absolute atomic E-state index is 11.4. The maximum atomic E-state index is 11.4. The van der Waals surface area contributed by atoms with E-state index in [9.17, 15) is 4.79 Å². The zero-order valence-corrected chi connectivity index (χ0v) is 19.4. The summed E-state index contributed by atoms with van der Waals surface area (Å²) in [4.78, 5) is 16.3. The highest BCUT2D eigenvalue weighted by atomic mass is 127. The van der Waals surface area contributed by atoms with Gasteiger partial charge in [-0.05, 0) is 37.8 Å². The van der Waals surface area contributed by atoms with Crippen LogP contribution < -0.4 is 16.0 Å². The zero-order chi connectivity index (χ0) is 19.1. The van der Waals surface area contributed by atoms with Crippen LogP contribution in [0.2, 0.25) is 5.02 Å². The van der Waals surface area contributed by atoms with E-state index in [1.807, 2.05) is 18.2 Å². The van der Waals surface area contributed by atoms with Crippen LogP contribution in [0.15, 0.2) is 29.3 Å². The Kier molecular flexibility index (Phi) is 9.30. The highest BCUT2D eigenvalue weighted by Gasteiger charge is 2.36. The van der Waals surface area contributed by atoms with Gasteiger partial charge >= 0.3 is 0 Å². The Morgan fingerprint density at radius 1 is 1.36 bits per heavy atom. The standard InChI is InChI=1S/C20H29ClN4O2.HI/c1-2-22-19(25-15-7-8-18(26)23-13-15)24-14-20(9-11-27-12-10-20)16-5-3-4-6-17(16)21;/h3-6,15H,2,7-14H2,1H3,(H,23,26)(H2,22,24,25);1H. The van der Waals surface area contributed by atoms with Crippen LogP contribution >= 0.6 is 35.6 Å². The van der Waals surface area contributed by atoms with Gasteiger partial charge in [-0.15, -0.1) is 24.0 Å². The summed E-state index contributed by atoms with van der Waals surface area (Å²) in [6, 6.07) is 8.26. The fraction of sp³-hybridized carbons (Fsp3) is 0.600. The van der Waals surface area contributed by atoms with Gasteiger partial charge in [0, 0.05) is 49.2 Å². The van der Waals surface area contributed by atoms with E-state index in [1.165, 1.54) is 0 Å². The molecule has 2 heterocycles. The first-order valence-electron chi connectivity index (χ1n) is 9.77. The molecule has 1 atom stereocenters. The number of benzene rings is 1. The Labute approximate surface area is 189 Å². The van der Waals surface area contributed by atoms with E-state index >= 15 is 0 Å². The van der Waals surface area contributed by atoms with Crippen LogP contribution in [0.3, 0.4) is 0 Å². The molecular formula is C20H30ClIN4O2. The number of amides is 1. The van der Waals surface area contributed by atoms with Gasteiger partial charge < -0.3 is 20.7 Å². The molecule has 6 nitrogen and oxygen atoms in total. The number of nitrogens with zero attached hydrogens (tertiary/aromatic N) is 1. The van der Waals surface area contributed by atoms with Gasteiger partial charge in [-0.3, -0.25) is 9.79 Å². The molecule has 0 spiro atoms. The first kappa shape index (κ1) is 23.2. The number of ether oxygens (including phenoxy) is 1. The lowest BCUT2D eigenvalue weighted by molar-refractivity contribution is -0.122. The minimum Gasteiger partial charge on any atom is -0.381 e. The molecule has 1 amide bonds. The number of aliphatic imine (C=N–C) groups is 1. The van der Waals surface area contributed by atoms with Gasteiger partial charge in [0.05, 0.1) is 6.54 Å². The number of piperidine rings is 1. The zero-order valence-electron chi connectivity index (χ0n) is 16.3. The highest BCUT2D eigenvalue weighted by Crippen LogP contribution is 2.38. The van der Waals surface area contributed by atoms with Gasteiger partial charge in [-0.1, -0.05) is 29.8 Å². The number of carbonyl (C=O) groups excluding carboxylic acids is 1. The van der Waals surface area contributed by atoms with Crippen molar-refractivity contribution in [3.63, 3.8) is 0 Å². The number of rotatable bonds is 5. The molecule has 1 aromatic carbocycles. The fourth-order valence-electron chi connectivity index (χ4n) is 3.77. The molecule has 2 fully saturated rings. The first-order valence-corrected chi connectivity index (χ1v) is 10.1. The van der Waals surface area contributed by atoms with Crippen molar-refractivity contribution in [2.75, 3.05) is 32.8 Å². The van der Waals surface area contributed by atoms with Crippen molar-refractivity contribution in [1.29, 1.82) is 0 Å². The molecule has 3 rings (SSSR count). The lowest BCUT2D eigenvalue weighted by Crippen LogP contribution is -2.51. The smallest absolute Gasteiger partial charge is 0.220 e. The monoisotopic (exact) mass is 520 g/mol. The molecule has 2 saturated heterocycles. The second-order valence-corrected chi connectivity index (χ2v) is 7.66. The Bertz CT molecular complexity index is 670. The van der Waals surface area contributed by atoms with Gasteiger partial charge in [0.1, 0.15) is 0 Å². The molecule has 1 unspecified atom stereocenters. The molecule has 156 valence electrons. The lowest BCUT2D eigenvalue weighted by Gasteiger charge is -2.37. The SMILES string of the molecule is CCNC(=NCC1(c2ccccc2Cl)CCOCC1)NC1CCC(=O)NC1.I. The number of carbonyl (C=O) groups is 1. The van der Waals surface area contributed by atoms with Gasteiger partial charge in [0.25, 0.3) is 0 Å². The Balaban J connectivity index is 0.00000280. The van der Waals surface area contributed by atoms with Crippen LogP contribution in [0.25, 0.3) is 0 Å². The van der Waals surface area contributed by atoms with E-state index in [2.05, 4.69) is 28.9 Å². The Hall–Kier alpha value is -1.06. The van der Waals surface area contributed by atoms with Gasteiger partial charge in [-0.25, -0.2) is 0 Å². The molecule has 28 heavy (non-hydrogen) atoms. The normalized spacial score (nSPS) is 22.0. The van der Waals surface area contributed by atoms with E-state index in [1.54, 1.807) is 0 Å². The van der Waals surface area contributed by atoms with Crippen LogP contribution in [0.5, 0.6) is 0 Å². The summed E-state index contributed by atoms with van der Waals surface area (Å²) >= 11 is 6.53. The van der Waals surface area contributed by atoms with Crippen LogP contribution in [-0.2, 0) is 14.9 Å². The Morgan fingerprint density at radius 3 is 2.75 bits per heavy atom. The molecule has 3 N–H and O–H groups in total. The minimum absolute atomic E-state index is 0. The van der Waals surface area contributed by atoms with Crippen molar-refractivity contribution >= 4 is 47.4 Å². The second-order valence-electron chi connectivity index (χ2n) is 7.25. The van der Waals surface area contributed by atoms with Crippen LogP contribution in [-0.4, -0.2) is 50.8 Å². The summed E-state index contributed by atoms with van der Waals surface area (Å²) in [6.07, 6.45) is 3.18. The molecule has 2 aliphatic heterocycles. The molecular weight excluding hydrogens is 491 g/mol. The lowest BCUT2D eigenvalue weighted by atomic mass is 9.74. The molecule has 0 bridgehead atoms. The molecule has 2 aliphatic rings. The van der Waals surface area contributed by atoms with Gasteiger partial charge in [0.15, 0.2) is 5.96 Å². The average Bonchev–Trinajstić information content (AvgIpc) is 2.69. The molecule has 0 radical (unpaired) electrons. The Morgan fingerprint density at radius 2 is 2.11 bits per heavy atom. The average molecular weight is 521 g/mol. The predicted molar refractivity (Wildman–Crippen MR) is 124 cm³/mol. The molecule has 0 saturated carbocycles. The van der Waals surface area contributed by atoms with Gasteiger partial charge in [0.2, 0.25) is 5.91 Å². The summed E-state index contributed by atoms with van der Waals surface area (Å²) in [5, 5.41) is 10.5. The van der Waals surface area contributed by atoms with Crippen molar-refractivity contribution in [1.82, 2.24) is 16.0 Å². The summed E-state index contributed by atoms with van der Waals surface area (Å²) in [7, 11) is 0. The third-order valence-electron chi connectivity index (χ3n) is 5.39. The van der Waals surface area contributed by atoms with Crippen LogP contribution in [0, 0.1) is 0 Å². The van der Waals surface area contributed by atoms with E-state index in [0.29, 0.717) is 19.5 Å². The minimum atomic E-state index is -0.111. The summed E-state index contributed by atoms with van der Waals surface area (Å²) in [5.41, 5.74) is 1.04. The third-order valence-corrected chi connectivity index (χ3v) is 5.72. The quantitative estimate of drug-likeness (QED) is 0.317. The second kappa shape index (κ2) is 11.2. The van der Waals surface area contributed by atoms with Crippen LogP contribution in [0.4, 0.5) is 0 Å². The number of hydrogen-bond donors (Lipinski definition) is 3. The van der Waals surface area contributed by atoms with Crippen molar-refractivity contribution in [3.05, 3.63) is 34.9 Å². The van der Waals surface area contributed by atoms with Crippen molar-refractivity contribution in [2.24, 2.45) is 4.99 Å². The van der Waals surface area contributed by atoms with Crippen molar-refractivity contribution in [2.45, 2.75) is 44.1 Å². The van der Waals surface area contributed by atoms with Crippen molar-refractivity contribution in [3.8, 4) is 0 Å². The summed E-state index contributed by atoms with van der Waals surface area (Å²) in [5.74, 6) is 0.909. The first-order chi connectivity index (χ1) is 13.1. The number of halogens is 2. The topological polar surface area (TPSA) is 74.8 Å². The largest absolute Gasteiger partial charge is 0.381 e. The van der Waals surface area contributed by atoms with Crippen molar-refractivity contribution < 1.29 is 9.53 Å². The highest BCUT2D eigenvalue weighted by molar-refractivity contribution is 14.0. The summed E-state index contributed by atoms with van der Waals surface area (Å²) in [6.45, 7) is 5.56. The number of hydrogen-bond acceptors (Lipinski definition) is 3. The van der Waals surface area contributed by atoms with E-state index in [4.69, 9.17) is 21.3 Å². The van der Waals surface area contributed by atoms with E-state index < -0.39 is 0 Å². The molecule has 1 aromatic rings. The maximum Gasteiger partial charge on any atom is 0.220 e. The van der Waals surface area contributed by atoms with Crippen LogP contribution in [0.1, 0.15) is 38.2 Å².